The Balaban J connectivity index is 1.93. The number of hydrogen-bond acceptors (Lipinski definition) is 5. The van der Waals surface area contributed by atoms with Gasteiger partial charge in [-0.15, -0.1) is 0 Å². The Morgan fingerprint density at radius 3 is 2.42 bits per heavy atom. The smallest absolute Gasteiger partial charge is 0.405 e. The van der Waals surface area contributed by atoms with E-state index in [0.717, 1.165) is 0 Å². The van der Waals surface area contributed by atoms with Crippen LogP contribution in [0.2, 0.25) is 10.0 Å². The second-order valence-corrected chi connectivity index (χ2v) is 10.1. The van der Waals surface area contributed by atoms with E-state index in [1.54, 1.807) is 57.2 Å². The zero-order valence-electron chi connectivity index (χ0n) is 20.7. The lowest BCUT2D eigenvalue weighted by Crippen LogP contribution is -2.41. The molecule has 2 aromatic carbocycles. The first-order valence-electron chi connectivity index (χ1n) is 11.3. The van der Waals surface area contributed by atoms with E-state index in [1.807, 2.05) is 0 Å². The average molecular weight is 569 g/mol. The van der Waals surface area contributed by atoms with Crippen molar-refractivity contribution in [1.29, 1.82) is 0 Å². The zero-order valence-corrected chi connectivity index (χ0v) is 22.2. The fourth-order valence-electron chi connectivity index (χ4n) is 3.23. The molecular formula is C26H25Cl2F3N4O3. The number of nitrogens with zero attached hydrogens (tertiary/aromatic N) is 2. The van der Waals surface area contributed by atoms with Gasteiger partial charge in [0.2, 0.25) is 0 Å². The van der Waals surface area contributed by atoms with Gasteiger partial charge in [0, 0.05) is 21.7 Å². The van der Waals surface area contributed by atoms with Gasteiger partial charge in [-0.05, 0) is 51.1 Å². The van der Waals surface area contributed by atoms with Crippen molar-refractivity contribution in [3.05, 3.63) is 63.8 Å². The number of nitrogens with one attached hydrogen (secondary N) is 1. The molecule has 1 heterocycles. The predicted molar refractivity (Wildman–Crippen MR) is 140 cm³/mol. The number of alkyl halides is 3. The Morgan fingerprint density at radius 2 is 1.84 bits per heavy atom. The van der Waals surface area contributed by atoms with E-state index in [0.29, 0.717) is 21.8 Å². The minimum absolute atomic E-state index is 0.192. The first-order valence-corrected chi connectivity index (χ1v) is 12.0. The highest BCUT2D eigenvalue weighted by molar-refractivity contribution is 6.32. The van der Waals surface area contributed by atoms with Crippen LogP contribution in [0.5, 0.6) is 5.75 Å². The van der Waals surface area contributed by atoms with Gasteiger partial charge in [-0.1, -0.05) is 47.2 Å². The van der Waals surface area contributed by atoms with Gasteiger partial charge in [-0.25, -0.2) is 4.68 Å². The largest absolute Gasteiger partial charge is 0.504 e. The van der Waals surface area contributed by atoms with E-state index in [-0.39, 0.29) is 28.8 Å². The number of nitrogens with two attached hydrogens (primary N) is 1. The van der Waals surface area contributed by atoms with Crippen molar-refractivity contribution in [2.45, 2.75) is 38.5 Å². The van der Waals surface area contributed by atoms with Gasteiger partial charge in [0.15, 0.2) is 11.4 Å². The molecule has 3 rings (SSSR count). The van der Waals surface area contributed by atoms with Crippen LogP contribution >= 0.6 is 23.2 Å². The molecule has 0 aliphatic heterocycles. The molecule has 0 radical (unpaired) electrons. The molecule has 1 unspecified atom stereocenters. The van der Waals surface area contributed by atoms with Crippen molar-refractivity contribution in [3.63, 3.8) is 0 Å². The molecule has 0 saturated heterocycles. The topological polar surface area (TPSA) is 102 Å². The normalized spacial score (nSPS) is 12.6. The SMILES string of the molecule is CC(C)(C)NC(=O)c1nn(-c2ccc(C#CCOCC(N)C(F)(F)F)cc2Cl)c(-c2ccc(Cl)cc2)c1O. The summed E-state index contributed by atoms with van der Waals surface area (Å²) in [6, 6.07) is 9.22. The first-order chi connectivity index (χ1) is 17.7. The summed E-state index contributed by atoms with van der Waals surface area (Å²) in [5.41, 5.74) is 5.77. The minimum atomic E-state index is -4.55. The Labute approximate surface area is 227 Å². The molecule has 1 aromatic heterocycles. The van der Waals surface area contributed by atoms with Gasteiger partial charge in [0.1, 0.15) is 18.3 Å². The second kappa shape index (κ2) is 11.7. The van der Waals surface area contributed by atoms with Crippen LogP contribution in [0, 0.1) is 11.8 Å². The Bertz CT molecular complexity index is 1370. The summed E-state index contributed by atoms with van der Waals surface area (Å²) in [6.07, 6.45) is -4.55. The van der Waals surface area contributed by atoms with E-state index in [2.05, 4.69) is 22.3 Å². The first kappa shape index (κ1) is 29.3. The van der Waals surface area contributed by atoms with Crippen LogP contribution in [-0.2, 0) is 4.74 Å². The third-order valence-electron chi connectivity index (χ3n) is 4.98. The van der Waals surface area contributed by atoms with Crippen molar-refractivity contribution < 1.29 is 27.8 Å². The van der Waals surface area contributed by atoms with Crippen LogP contribution in [0.3, 0.4) is 0 Å². The standard InChI is InChI=1S/C26H25Cl2F3N4O3/c1-25(2,3)33-24(37)21-23(36)22(16-7-9-17(27)10-8-16)35(34-21)19-11-6-15(13-18(19)28)5-4-12-38-14-20(32)26(29,30)31/h6-11,13,20,36H,12,14,32H2,1-3H3,(H,33,37). The van der Waals surface area contributed by atoms with Crippen molar-refractivity contribution in [2.24, 2.45) is 5.73 Å². The monoisotopic (exact) mass is 568 g/mol. The number of benzene rings is 2. The summed E-state index contributed by atoms with van der Waals surface area (Å²) in [6.45, 7) is 4.42. The zero-order chi connectivity index (χ0) is 28.3. The van der Waals surface area contributed by atoms with Crippen molar-refractivity contribution in [1.82, 2.24) is 15.1 Å². The number of carbonyl (C=O) groups excluding carboxylic acids is 1. The summed E-state index contributed by atoms with van der Waals surface area (Å²) in [7, 11) is 0. The Hall–Kier alpha value is -3.23. The fraction of sp³-hybridized carbons (Fsp3) is 0.308. The Kier molecular flexibility index (Phi) is 9.00. The van der Waals surface area contributed by atoms with E-state index in [9.17, 15) is 23.1 Å². The molecule has 0 saturated carbocycles. The highest BCUT2D eigenvalue weighted by atomic mass is 35.5. The van der Waals surface area contributed by atoms with Crippen LogP contribution in [-0.4, -0.2) is 51.8 Å². The maximum atomic E-state index is 12.9. The fourth-order valence-corrected chi connectivity index (χ4v) is 3.62. The highest BCUT2D eigenvalue weighted by Gasteiger charge is 2.36. The van der Waals surface area contributed by atoms with E-state index in [4.69, 9.17) is 33.7 Å². The lowest BCUT2D eigenvalue weighted by atomic mass is 10.1. The van der Waals surface area contributed by atoms with E-state index < -0.39 is 30.3 Å². The molecule has 4 N–H and O–H groups in total. The summed E-state index contributed by atoms with van der Waals surface area (Å²) in [4.78, 5) is 12.9. The van der Waals surface area contributed by atoms with Crippen molar-refractivity contribution in [2.75, 3.05) is 13.2 Å². The maximum Gasteiger partial charge on any atom is 0.405 e. The predicted octanol–water partition coefficient (Wildman–Crippen LogP) is 5.34. The molecule has 0 fully saturated rings. The number of aromatic nitrogens is 2. The second-order valence-electron chi connectivity index (χ2n) is 9.30. The molecule has 38 heavy (non-hydrogen) atoms. The molecule has 0 bridgehead atoms. The number of carbonyl (C=O) groups is 1. The Morgan fingerprint density at radius 1 is 1.18 bits per heavy atom. The van der Waals surface area contributed by atoms with Crippen molar-refractivity contribution in [3.8, 4) is 34.5 Å². The number of rotatable bonds is 6. The number of ether oxygens (including phenoxy) is 1. The molecule has 0 spiro atoms. The number of halogens is 5. The number of amides is 1. The van der Waals surface area contributed by atoms with Gasteiger partial charge in [0.25, 0.3) is 5.91 Å². The summed E-state index contributed by atoms with van der Waals surface area (Å²) < 4.78 is 43.5. The molecule has 0 aliphatic carbocycles. The van der Waals surface area contributed by atoms with Gasteiger partial charge >= 0.3 is 6.18 Å². The van der Waals surface area contributed by atoms with Crippen LogP contribution in [0.4, 0.5) is 13.2 Å². The molecule has 12 heteroatoms. The minimum Gasteiger partial charge on any atom is -0.504 e. The molecule has 202 valence electrons. The quantitative estimate of drug-likeness (QED) is 0.275. The van der Waals surface area contributed by atoms with Gasteiger partial charge < -0.3 is 20.9 Å². The lowest BCUT2D eigenvalue weighted by Gasteiger charge is -2.19. The molecular weight excluding hydrogens is 544 g/mol. The highest BCUT2D eigenvalue weighted by Crippen LogP contribution is 2.37. The molecule has 0 aliphatic rings. The number of hydrogen-bond donors (Lipinski definition) is 3. The van der Waals surface area contributed by atoms with Gasteiger partial charge in [0.05, 0.1) is 17.3 Å². The third-order valence-corrected chi connectivity index (χ3v) is 5.54. The third kappa shape index (κ3) is 7.42. The summed E-state index contributed by atoms with van der Waals surface area (Å²) >= 11 is 12.5. The summed E-state index contributed by atoms with van der Waals surface area (Å²) in [5, 5.41) is 18.8. The van der Waals surface area contributed by atoms with Crippen LogP contribution in [0.25, 0.3) is 16.9 Å². The van der Waals surface area contributed by atoms with Crippen LogP contribution in [0.15, 0.2) is 42.5 Å². The maximum absolute atomic E-state index is 12.9. The van der Waals surface area contributed by atoms with Gasteiger partial charge in [-0.3, -0.25) is 4.79 Å². The molecule has 1 amide bonds. The summed E-state index contributed by atoms with van der Waals surface area (Å²) in [5.74, 6) is 4.44. The molecule has 7 nitrogen and oxygen atoms in total. The lowest BCUT2D eigenvalue weighted by molar-refractivity contribution is -0.158. The number of aromatic hydroxyl groups is 1. The van der Waals surface area contributed by atoms with Crippen LogP contribution < -0.4 is 11.1 Å². The van der Waals surface area contributed by atoms with Crippen LogP contribution in [0.1, 0.15) is 36.8 Å². The molecule has 1 atom stereocenters. The van der Waals surface area contributed by atoms with Gasteiger partial charge in [-0.2, -0.15) is 18.3 Å². The van der Waals surface area contributed by atoms with E-state index >= 15 is 0 Å². The van der Waals surface area contributed by atoms with E-state index in [1.165, 1.54) is 10.7 Å². The molecule has 3 aromatic rings. The average Bonchev–Trinajstić information content (AvgIpc) is 3.14. The van der Waals surface area contributed by atoms with Crippen molar-refractivity contribution >= 4 is 29.1 Å².